The third kappa shape index (κ3) is 2.61. The maximum Gasteiger partial charge on any atom is 0.161 e. The number of hydrogen-bond acceptors (Lipinski definition) is 3. The lowest BCUT2D eigenvalue weighted by Gasteiger charge is -2.24. The summed E-state index contributed by atoms with van der Waals surface area (Å²) in [6.45, 7) is 6.33. The average Bonchev–Trinajstić information content (AvgIpc) is 2.40. The second-order valence-electron chi connectivity index (χ2n) is 5.26. The summed E-state index contributed by atoms with van der Waals surface area (Å²) >= 11 is 0. The van der Waals surface area contributed by atoms with Gasteiger partial charge in [0, 0.05) is 5.56 Å². The van der Waals surface area contributed by atoms with Gasteiger partial charge in [0.15, 0.2) is 11.5 Å². The fourth-order valence-electron chi connectivity index (χ4n) is 2.73. The Balaban J connectivity index is 2.27. The van der Waals surface area contributed by atoms with Gasteiger partial charge in [-0.2, -0.15) is 0 Å². The van der Waals surface area contributed by atoms with Gasteiger partial charge in [-0.05, 0) is 69.3 Å². The third-order valence-electron chi connectivity index (χ3n) is 4.02. The summed E-state index contributed by atoms with van der Waals surface area (Å²) in [5, 5.41) is 13.7. The van der Waals surface area contributed by atoms with Crippen LogP contribution in [0.3, 0.4) is 0 Å². The highest BCUT2D eigenvalue weighted by Crippen LogP contribution is 2.36. The van der Waals surface area contributed by atoms with E-state index >= 15 is 0 Å². The van der Waals surface area contributed by atoms with Gasteiger partial charge in [0.1, 0.15) is 0 Å². The number of benzene rings is 1. The van der Waals surface area contributed by atoms with Crippen LogP contribution in [0, 0.1) is 19.8 Å². The van der Waals surface area contributed by atoms with Crippen molar-refractivity contribution in [1.82, 2.24) is 5.32 Å². The van der Waals surface area contributed by atoms with E-state index in [9.17, 15) is 5.11 Å². The maximum absolute atomic E-state index is 10.3. The summed E-state index contributed by atoms with van der Waals surface area (Å²) in [6.07, 6.45) is 3.40. The number of phenols is 1. The summed E-state index contributed by atoms with van der Waals surface area (Å²) in [4.78, 5) is 0. The van der Waals surface area contributed by atoms with Crippen LogP contribution >= 0.6 is 0 Å². The largest absolute Gasteiger partial charge is 0.504 e. The van der Waals surface area contributed by atoms with Crippen molar-refractivity contribution in [2.45, 2.75) is 33.1 Å². The first-order chi connectivity index (χ1) is 8.63. The standard InChI is InChI=1S/C15H23NO2/c1-10-7-14(18-3)15(17)13(11(10)2)8-12-5-4-6-16-9-12/h7,12,16-17H,4-6,8-9H2,1-3H3. The van der Waals surface area contributed by atoms with Gasteiger partial charge in [-0.25, -0.2) is 0 Å². The Kier molecular flexibility index (Phi) is 4.12. The van der Waals surface area contributed by atoms with E-state index in [1.165, 1.54) is 24.0 Å². The van der Waals surface area contributed by atoms with Crippen molar-refractivity contribution >= 4 is 0 Å². The van der Waals surface area contributed by atoms with Gasteiger partial charge in [0.25, 0.3) is 0 Å². The van der Waals surface area contributed by atoms with Crippen molar-refractivity contribution in [3.8, 4) is 11.5 Å². The first-order valence-corrected chi connectivity index (χ1v) is 6.70. The molecule has 2 N–H and O–H groups in total. The van der Waals surface area contributed by atoms with Gasteiger partial charge in [-0.1, -0.05) is 0 Å². The lowest BCUT2D eigenvalue weighted by atomic mass is 9.88. The lowest BCUT2D eigenvalue weighted by molar-refractivity contribution is 0.353. The molecule has 18 heavy (non-hydrogen) atoms. The average molecular weight is 249 g/mol. The Morgan fingerprint density at radius 1 is 1.44 bits per heavy atom. The van der Waals surface area contributed by atoms with Crippen LogP contribution in [-0.2, 0) is 6.42 Å². The number of ether oxygens (including phenoxy) is 1. The molecule has 0 aliphatic carbocycles. The Morgan fingerprint density at radius 2 is 2.22 bits per heavy atom. The molecule has 0 bridgehead atoms. The zero-order valence-electron chi connectivity index (χ0n) is 11.5. The summed E-state index contributed by atoms with van der Waals surface area (Å²) in [5.74, 6) is 1.54. The number of methoxy groups -OCH3 is 1. The van der Waals surface area contributed by atoms with Crippen LogP contribution in [0.15, 0.2) is 6.07 Å². The highest BCUT2D eigenvalue weighted by Gasteiger charge is 2.19. The normalized spacial score (nSPS) is 19.8. The maximum atomic E-state index is 10.3. The van der Waals surface area contributed by atoms with Crippen molar-refractivity contribution in [2.75, 3.05) is 20.2 Å². The quantitative estimate of drug-likeness (QED) is 0.865. The van der Waals surface area contributed by atoms with Crippen LogP contribution in [0.1, 0.15) is 29.5 Å². The first kappa shape index (κ1) is 13.2. The SMILES string of the molecule is COc1cc(C)c(C)c(CC2CCCNC2)c1O. The van der Waals surface area contributed by atoms with Crippen LogP contribution in [0.4, 0.5) is 0 Å². The van der Waals surface area contributed by atoms with Gasteiger partial charge in [0.2, 0.25) is 0 Å². The highest BCUT2D eigenvalue weighted by molar-refractivity contribution is 5.53. The molecule has 0 saturated carbocycles. The van der Waals surface area contributed by atoms with Crippen molar-refractivity contribution in [3.63, 3.8) is 0 Å². The first-order valence-electron chi connectivity index (χ1n) is 6.70. The number of nitrogens with one attached hydrogen (secondary N) is 1. The third-order valence-corrected chi connectivity index (χ3v) is 4.02. The van der Waals surface area contributed by atoms with Gasteiger partial charge >= 0.3 is 0 Å². The summed E-state index contributed by atoms with van der Waals surface area (Å²) in [6, 6.07) is 1.91. The minimum atomic E-state index is 0.325. The minimum Gasteiger partial charge on any atom is -0.504 e. The molecule has 1 aromatic rings. The number of piperidine rings is 1. The smallest absolute Gasteiger partial charge is 0.161 e. The van der Waals surface area contributed by atoms with E-state index in [4.69, 9.17) is 4.74 Å². The predicted molar refractivity (Wildman–Crippen MR) is 73.4 cm³/mol. The molecule has 1 aliphatic heterocycles. The van der Waals surface area contributed by atoms with Crippen molar-refractivity contribution in [2.24, 2.45) is 5.92 Å². The predicted octanol–water partition coefficient (Wildman–Crippen LogP) is 2.56. The Bertz CT molecular complexity index is 423. The molecule has 0 spiro atoms. The molecule has 1 heterocycles. The molecule has 0 amide bonds. The van der Waals surface area contributed by atoms with E-state index in [-0.39, 0.29) is 0 Å². The molecule has 3 heteroatoms. The van der Waals surface area contributed by atoms with E-state index in [1.54, 1.807) is 7.11 Å². The fourth-order valence-corrected chi connectivity index (χ4v) is 2.73. The molecule has 2 rings (SSSR count). The van der Waals surface area contributed by atoms with Gasteiger partial charge < -0.3 is 15.2 Å². The summed E-state index contributed by atoms with van der Waals surface area (Å²) < 4.78 is 5.25. The summed E-state index contributed by atoms with van der Waals surface area (Å²) in [7, 11) is 1.61. The van der Waals surface area contributed by atoms with E-state index in [2.05, 4.69) is 19.2 Å². The monoisotopic (exact) mass is 249 g/mol. The van der Waals surface area contributed by atoms with Crippen LogP contribution in [0.5, 0.6) is 11.5 Å². The highest BCUT2D eigenvalue weighted by atomic mass is 16.5. The molecular formula is C15H23NO2. The van der Waals surface area contributed by atoms with E-state index < -0.39 is 0 Å². The van der Waals surface area contributed by atoms with E-state index in [0.29, 0.717) is 17.4 Å². The number of aryl methyl sites for hydroxylation is 1. The summed E-state index contributed by atoms with van der Waals surface area (Å²) in [5.41, 5.74) is 3.43. The zero-order valence-corrected chi connectivity index (χ0v) is 11.5. The van der Waals surface area contributed by atoms with Crippen LogP contribution in [0.25, 0.3) is 0 Å². The van der Waals surface area contributed by atoms with Crippen LogP contribution in [0.2, 0.25) is 0 Å². The van der Waals surface area contributed by atoms with Crippen molar-refractivity contribution in [1.29, 1.82) is 0 Å². The Hall–Kier alpha value is -1.22. The van der Waals surface area contributed by atoms with E-state index in [0.717, 1.165) is 25.1 Å². The molecular weight excluding hydrogens is 226 g/mol. The van der Waals surface area contributed by atoms with E-state index in [1.807, 2.05) is 6.07 Å². The molecule has 1 aliphatic rings. The molecule has 0 aromatic heterocycles. The fraction of sp³-hybridized carbons (Fsp3) is 0.600. The Morgan fingerprint density at radius 3 is 2.83 bits per heavy atom. The van der Waals surface area contributed by atoms with Crippen molar-refractivity contribution in [3.05, 3.63) is 22.8 Å². The van der Waals surface area contributed by atoms with Gasteiger partial charge in [0.05, 0.1) is 7.11 Å². The minimum absolute atomic E-state index is 0.325. The van der Waals surface area contributed by atoms with Crippen LogP contribution in [-0.4, -0.2) is 25.3 Å². The molecule has 100 valence electrons. The molecule has 1 fully saturated rings. The van der Waals surface area contributed by atoms with Crippen molar-refractivity contribution < 1.29 is 9.84 Å². The zero-order chi connectivity index (χ0) is 13.1. The molecule has 1 saturated heterocycles. The molecule has 1 unspecified atom stereocenters. The number of aromatic hydroxyl groups is 1. The molecule has 3 nitrogen and oxygen atoms in total. The molecule has 1 atom stereocenters. The molecule has 0 radical (unpaired) electrons. The lowest BCUT2D eigenvalue weighted by Crippen LogP contribution is -2.31. The van der Waals surface area contributed by atoms with Crippen LogP contribution < -0.4 is 10.1 Å². The number of phenolic OH excluding ortho intramolecular Hbond substituents is 1. The Labute approximate surface area is 109 Å². The van der Waals surface area contributed by atoms with Gasteiger partial charge in [-0.15, -0.1) is 0 Å². The molecule has 1 aromatic carbocycles. The number of hydrogen-bond donors (Lipinski definition) is 2. The second kappa shape index (κ2) is 5.61. The van der Waals surface area contributed by atoms with Gasteiger partial charge in [-0.3, -0.25) is 0 Å². The second-order valence-corrected chi connectivity index (χ2v) is 5.26. The topological polar surface area (TPSA) is 41.5 Å². The number of rotatable bonds is 3.